The highest BCUT2D eigenvalue weighted by Crippen LogP contribution is 2.37. The Kier molecular flexibility index (Phi) is 6.73. The van der Waals surface area contributed by atoms with E-state index in [1.54, 1.807) is 11.9 Å². The van der Waals surface area contributed by atoms with Gasteiger partial charge in [-0.3, -0.25) is 0 Å². The molecule has 1 saturated carbocycles. The van der Waals surface area contributed by atoms with Gasteiger partial charge in [0.1, 0.15) is 0 Å². The highest BCUT2D eigenvalue weighted by molar-refractivity contribution is 5.74. The van der Waals surface area contributed by atoms with Crippen molar-refractivity contribution in [2.75, 3.05) is 25.0 Å². The highest BCUT2D eigenvalue weighted by Gasteiger charge is 2.42. The molecule has 1 N–H and O–H groups in total. The summed E-state index contributed by atoms with van der Waals surface area (Å²) in [4.78, 5) is 16.5. The maximum absolute atomic E-state index is 13.0. The summed E-state index contributed by atoms with van der Waals surface area (Å²) in [5.41, 5.74) is 2.22. The van der Waals surface area contributed by atoms with Crippen molar-refractivity contribution in [3.8, 4) is 0 Å². The second kappa shape index (κ2) is 9.05. The van der Waals surface area contributed by atoms with Crippen LogP contribution in [0.1, 0.15) is 50.5 Å². The molecule has 1 heterocycles. The van der Waals surface area contributed by atoms with E-state index in [-0.39, 0.29) is 18.9 Å². The molecule has 0 aromatic heterocycles. The van der Waals surface area contributed by atoms with Crippen molar-refractivity contribution in [3.05, 3.63) is 29.8 Å². The van der Waals surface area contributed by atoms with Crippen molar-refractivity contribution in [2.45, 2.75) is 63.7 Å². The van der Waals surface area contributed by atoms with Crippen LogP contribution in [0.15, 0.2) is 24.3 Å². The van der Waals surface area contributed by atoms with Crippen molar-refractivity contribution >= 4 is 11.7 Å². The first-order chi connectivity index (χ1) is 13.3. The molecule has 1 aromatic carbocycles. The summed E-state index contributed by atoms with van der Waals surface area (Å²) in [5, 5.41) is 2.81. The Balaban J connectivity index is 1.59. The maximum atomic E-state index is 13.0. The van der Waals surface area contributed by atoms with Crippen molar-refractivity contribution < 1.29 is 18.0 Å². The van der Waals surface area contributed by atoms with Gasteiger partial charge in [0.2, 0.25) is 0 Å². The fourth-order valence-electron chi connectivity index (χ4n) is 4.32. The van der Waals surface area contributed by atoms with Crippen LogP contribution in [0.25, 0.3) is 0 Å². The van der Waals surface area contributed by atoms with Gasteiger partial charge >= 0.3 is 12.2 Å². The first-order valence-electron chi connectivity index (χ1n) is 10.3. The third-order valence-electron chi connectivity index (χ3n) is 5.91. The third kappa shape index (κ3) is 5.32. The molecule has 2 amide bonds. The van der Waals surface area contributed by atoms with Gasteiger partial charge < -0.3 is 15.1 Å². The molecule has 1 aliphatic carbocycles. The van der Waals surface area contributed by atoms with E-state index < -0.39 is 18.1 Å². The molecule has 28 heavy (non-hydrogen) atoms. The Labute approximate surface area is 165 Å². The average Bonchev–Trinajstić information content (AvgIpc) is 2.68. The van der Waals surface area contributed by atoms with E-state index in [9.17, 15) is 18.0 Å². The van der Waals surface area contributed by atoms with E-state index in [4.69, 9.17) is 0 Å². The molecule has 2 unspecified atom stereocenters. The molecular weight excluding hydrogens is 367 g/mol. The molecule has 0 radical (unpaired) electrons. The molecule has 3 rings (SSSR count). The summed E-state index contributed by atoms with van der Waals surface area (Å²) in [5.74, 6) is -1.31. The Morgan fingerprint density at radius 1 is 1.14 bits per heavy atom. The van der Waals surface area contributed by atoms with Crippen LogP contribution in [0.4, 0.5) is 23.7 Å². The molecule has 2 aliphatic rings. The minimum Gasteiger partial charge on any atom is -0.371 e. The molecule has 0 spiro atoms. The molecule has 1 aromatic rings. The number of hydrogen-bond acceptors (Lipinski definition) is 2. The van der Waals surface area contributed by atoms with Crippen LogP contribution in [0.3, 0.4) is 0 Å². The summed E-state index contributed by atoms with van der Waals surface area (Å²) in [6.07, 6.45) is 0.666. The van der Waals surface area contributed by atoms with Gasteiger partial charge in [-0.25, -0.2) is 4.79 Å². The standard InChI is InChI=1S/C21H30F3N3O/c1-26(20(28)25-18-10-7-9-17(14-18)21(22,23)24)15-16-8-3-4-11-19(16)27-12-5-2-6-13-27/h3-4,8,11,17-18H,2,5-7,9-10,12-15H2,1H3,(H,25,28). The van der Waals surface area contributed by atoms with Gasteiger partial charge in [-0.2, -0.15) is 13.2 Å². The molecule has 4 nitrogen and oxygen atoms in total. The van der Waals surface area contributed by atoms with E-state index >= 15 is 0 Å². The highest BCUT2D eigenvalue weighted by atomic mass is 19.4. The lowest BCUT2D eigenvalue weighted by Gasteiger charge is -2.33. The SMILES string of the molecule is CN(Cc1ccccc1N1CCCCC1)C(=O)NC1CCCC(C(F)(F)F)C1. The van der Waals surface area contributed by atoms with Crippen LogP contribution < -0.4 is 10.2 Å². The lowest BCUT2D eigenvalue weighted by molar-refractivity contribution is -0.183. The second-order valence-electron chi connectivity index (χ2n) is 8.08. The number of halogens is 3. The lowest BCUT2D eigenvalue weighted by Crippen LogP contribution is -2.46. The summed E-state index contributed by atoms with van der Waals surface area (Å²) in [6.45, 7) is 2.48. The third-order valence-corrected chi connectivity index (χ3v) is 5.91. The quantitative estimate of drug-likeness (QED) is 0.781. The number of benzene rings is 1. The molecule has 1 saturated heterocycles. The second-order valence-corrected chi connectivity index (χ2v) is 8.08. The van der Waals surface area contributed by atoms with Gasteiger partial charge in [0, 0.05) is 38.4 Å². The zero-order valence-corrected chi connectivity index (χ0v) is 16.5. The van der Waals surface area contributed by atoms with E-state index in [1.807, 2.05) is 18.2 Å². The summed E-state index contributed by atoms with van der Waals surface area (Å²) in [7, 11) is 1.70. The zero-order chi connectivity index (χ0) is 20.1. The molecule has 156 valence electrons. The van der Waals surface area contributed by atoms with Crippen molar-refractivity contribution in [1.82, 2.24) is 10.2 Å². The average molecular weight is 397 g/mol. The van der Waals surface area contributed by atoms with Gasteiger partial charge in [0.25, 0.3) is 0 Å². The number of para-hydroxylation sites is 1. The molecule has 0 bridgehead atoms. The number of alkyl halides is 3. The lowest BCUT2D eigenvalue weighted by atomic mass is 9.85. The van der Waals surface area contributed by atoms with Crippen LogP contribution in [0.2, 0.25) is 0 Å². The number of urea groups is 1. The zero-order valence-electron chi connectivity index (χ0n) is 16.5. The smallest absolute Gasteiger partial charge is 0.371 e. The number of amides is 2. The van der Waals surface area contributed by atoms with Crippen molar-refractivity contribution in [2.24, 2.45) is 5.92 Å². The monoisotopic (exact) mass is 397 g/mol. The molecule has 1 aliphatic heterocycles. The maximum Gasteiger partial charge on any atom is 0.391 e. The van der Waals surface area contributed by atoms with Crippen LogP contribution in [0.5, 0.6) is 0 Å². The predicted molar refractivity (Wildman–Crippen MR) is 104 cm³/mol. The van der Waals surface area contributed by atoms with Crippen LogP contribution in [-0.2, 0) is 6.54 Å². The van der Waals surface area contributed by atoms with Crippen LogP contribution in [0, 0.1) is 5.92 Å². The van der Waals surface area contributed by atoms with Gasteiger partial charge in [0.05, 0.1) is 5.92 Å². The van der Waals surface area contributed by atoms with E-state index in [2.05, 4.69) is 16.3 Å². The van der Waals surface area contributed by atoms with Gasteiger partial charge in [0.15, 0.2) is 0 Å². The Bertz CT molecular complexity index is 659. The number of rotatable bonds is 4. The summed E-state index contributed by atoms with van der Waals surface area (Å²) >= 11 is 0. The molecule has 2 fully saturated rings. The molecule has 7 heteroatoms. The summed E-state index contributed by atoms with van der Waals surface area (Å²) in [6, 6.07) is 7.36. The number of nitrogens with one attached hydrogen (secondary N) is 1. The normalized spacial score (nSPS) is 23.4. The van der Waals surface area contributed by atoms with E-state index in [0.717, 1.165) is 24.3 Å². The van der Waals surface area contributed by atoms with Crippen molar-refractivity contribution in [3.63, 3.8) is 0 Å². The van der Waals surface area contributed by atoms with E-state index in [0.29, 0.717) is 19.4 Å². The number of carbonyl (C=O) groups is 1. The number of piperidine rings is 1. The van der Waals surface area contributed by atoms with Crippen LogP contribution in [-0.4, -0.2) is 43.3 Å². The summed E-state index contributed by atoms with van der Waals surface area (Å²) < 4.78 is 39.0. The fourth-order valence-corrected chi connectivity index (χ4v) is 4.32. The Morgan fingerprint density at radius 2 is 1.86 bits per heavy atom. The fraction of sp³-hybridized carbons (Fsp3) is 0.667. The number of carbonyl (C=O) groups excluding carboxylic acids is 1. The van der Waals surface area contributed by atoms with E-state index in [1.165, 1.54) is 19.3 Å². The van der Waals surface area contributed by atoms with Crippen LogP contribution >= 0.6 is 0 Å². The minimum absolute atomic E-state index is 0.0204. The molecular formula is C21H30F3N3O. The first kappa shape index (κ1) is 20.8. The first-order valence-corrected chi connectivity index (χ1v) is 10.3. The number of hydrogen-bond donors (Lipinski definition) is 1. The number of nitrogens with zero attached hydrogens (tertiary/aromatic N) is 2. The van der Waals surface area contributed by atoms with Gasteiger partial charge in [-0.15, -0.1) is 0 Å². The topological polar surface area (TPSA) is 35.6 Å². The largest absolute Gasteiger partial charge is 0.391 e. The van der Waals surface area contributed by atoms with Gasteiger partial charge in [-0.05, 0) is 50.2 Å². The van der Waals surface area contributed by atoms with Gasteiger partial charge in [-0.1, -0.05) is 24.6 Å². The van der Waals surface area contributed by atoms with Crippen molar-refractivity contribution in [1.29, 1.82) is 0 Å². The predicted octanol–water partition coefficient (Wildman–Crippen LogP) is 4.94. The minimum atomic E-state index is -4.18. The molecule has 2 atom stereocenters. The number of anilines is 1. The Morgan fingerprint density at radius 3 is 2.57 bits per heavy atom. The Hall–Kier alpha value is -1.92.